The summed E-state index contributed by atoms with van der Waals surface area (Å²) in [5.41, 5.74) is 6.99. The number of hydrogen-bond donors (Lipinski definition) is 2. The molecule has 0 fully saturated rings. The van der Waals surface area contributed by atoms with E-state index in [9.17, 15) is 4.79 Å². The fourth-order valence-electron chi connectivity index (χ4n) is 3.91. The van der Waals surface area contributed by atoms with Crippen LogP contribution in [0.4, 0.5) is 10.7 Å². The van der Waals surface area contributed by atoms with Crippen LogP contribution in [0.25, 0.3) is 11.1 Å². The molecule has 0 radical (unpaired) electrons. The van der Waals surface area contributed by atoms with Crippen LogP contribution < -0.4 is 5.32 Å². The summed E-state index contributed by atoms with van der Waals surface area (Å²) in [6, 6.07) is 16.6. The third kappa shape index (κ3) is 3.00. The van der Waals surface area contributed by atoms with Gasteiger partial charge in [-0.1, -0.05) is 48.5 Å². The van der Waals surface area contributed by atoms with E-state index < -0.39 is 6.09 Å². The zero-order valence-corrected chi connectivity index (χ0v) is 15.5. The van der Waals surface area contributed by atoms with Gasteiger partial charge in [0.05, 0.1) is 5.69 Å². The standard InChI is InChI=1S/C21H19N3O2S/c25-21(24-20-22-18-9-10-27-12-19(18)23-20)26-11-17-15-7-3-1-5-13(15)14-6-2-4-8-16(14)17/h1-8,17H,9-12H2,(H2,22,23,24,25). The minimum Gasteiger partial charge on any atom is -0.448 e. The number of fused-ring (bicyclic) bond motifs is 4. The maximum Gasteiger partial charge on any atom is 0.414 e. The first-order chi connectivity index (χ1) is 13.3. The lowest BCUT2D eigenvalue weighted by Crippen LogP contribution is -2.18. The Kier molecular flexibility index (Phi) is 4.13. The highest BCUT2D eigenvalue weighted by molar-refractivity contribution is 7.98. The molecular weight excluding hydrogens is 358 g/mol. The molecule has 2 aliphatic rings. The quantitative estimate of drug-likeness (QED) is 0.702. The smallest absolute Gasteiger partial charge is 0.414 e. The number of rotatable bonds is 3. The molecule has 2 N–H and O–H groups in total. The Morgan fingerprint density at radius 1 is 1.15 bits per heavy atom. The van der Waals surface area contributed by atoms with Crippen LogP contribution in [-0.4, -0.2) is 28.4 Å². The van der Waals surface area contributed by atoms with E-state index in [1.165, 1.54) is 22.3 Å². The predicted molar refractivity (Wildman–Crippen MR) is 107 cm³/mol. The molecule has 5 rings (SSSR count). The van der Waals surface area contributed by atoms with Crippen molar-refractivity contribution in [3.63, 3.8) is 0 Å². The van der Waals surface area contributed by atoms with Crippen molar-refractivity contribution in [1.82, 2.24) is 9.97 Å². The van der Waals surface area contributed by atoms with E-state index >= 15 is 0 Å². The molecule has 0 saturated heterocycles. The van der Waals surface area contributed by atoms with E-state index in [1.807, 2.05) is 36.0 Å². The molecule has 1 amide bonds. The highest BCUT2D eigenvalue weighted by Crippen LogP contribution is 2.44. The molecule has 1 aromatic heterocycles. The molecule has 6 heteroatoms. The summed E-state index contributed by atoms with van der Waals surface area (Å²) in [6.07, 6.45) is 0.457. The number of aromatic nitrogens is 2. The molecule has 2 heterocycles. The van der Waals surface area contributed by atoms with Crippen LogP contribution in [-0.2, 0) is 16.9 Å². The lowest BCUT2D eigenvalue weighted by atomic mass is 9.98. The van der Waals surface area contributed by atoms with Gasteiger partial charge in [0, 0.05) is 23.8 Å². The molecule has 136 valence electrons. The molecule has 0 unspecified atom stereocenters. The molecule has 27 heavy (non-hydrogen) atoms. The van der Waals surface area contributed by atoms with Crippen LogP contribution in [0, 0.1) is 0 Å². The average Bonchev–Trinajstić information content (AvgIpc) is 3.25. The Morgan fingerprint density at radius 2 is 1.85 bits per heavy atom. The van der Waals surface area contributed by atoms with Gasteiger partial charge >= 0.3 is 6.09 Å². The molecule has 3 aromatic rings. The lowest BCUT2D eigenvalue weighted by Gasteiger charge is -2.14. The number of nitrogens with zero attached hydrogens (tertiary/aromatic N) is 1. The number of imidazole rings is 1. The van der Waals surface area contributed by atoms with Gasteiger partial charge in [-0.3, -0.25) is 5.32 Å². The Labute approximate surface area is 161 Å². The third-order valence-electron chi connectivity index (χ3n) is 5.16. The number of benzene rings is 2. The number of amides is 1. The topological polar surface area (TPSA) is 67.0 Å². The van der Waals surface area contributed by atoms with Gasteiger partial charge in [-0.2, -0.15) is 11.8 Å². The van der Waals surface area contributed by atoms with E-state index in [4.69, 9.17) is 4.74 Å². The molecule has 2 aromatic carbocycles. The second-order valence-electron chi connectivity index (χ2n) is 6.76. The van der Waals surface area contributed by atoms with Crippen LogP contribution in [0.1, 0.15) is 28.4 Å². The third-order valence-corrected chi connectivity index (χ3v) is 6.14. The second kappa shape index (κ2) is 6.78. The zero-order chi connectivity index (χ0) is 18.2. The van der Waals surface area contributed by atoms with Crippen molar-refractivity contribution >= 4 is 23.8 Å². The summed E-state index contributed by atoms with van der Waals surface area (Å²) < 4.78 is 5.56. The van der Waals surface area contributed by atoms with Gasteiger partial charge in [0.1, 0.15) is 6.61 Å². The number of aromatic amines is 1. The van der Waals surface area contributed by atoms with Gasteiger partial charge in [0.2, 0.25) is 5.95 Å². The van der Waals surface area contributed by atoms with E-state index in [-0.39, 0.29) is 5.92 Å². The van der Waals surface area contributed by atoms with Gasteiger partial charge in [-0.05, 0) is 28.0 Å². The molecule has 1 aliphatic heterocycles. The highest BCUT2D eigenvalue weighted by Gasteiger charge is 2.29. The van der Waals surface area contributed by atoms with Crippen LogP contribution in [0.3, 0.4) is 0 Å². The molecule has 5 nitrogen and oxygen atoms in total. The summed E-state index contributed by atoms with van der Waals surface area (Å²) in [7, 11) is 0. The number of hydrogen-bond acceptors (Lipinski definition) is 4. The van der Waals surface area contributed by atoms with Gasteiger partial charge in [-0.15, -0.1) is 0 Å². The Hall–Kier alpha value is -2.73. The van der Waals surface area contributed by atoms with Crippen molar-refractivity contribution in [2.45, 2.75) is 18.1 Å². The maximum atomic E-state index is 12.3. The van der Waals surface area contributed by atoms with Gasteiger partial charge in [0.25, 0.3) is 0 Å². The Morgan fingerprint density at radius 3 is 2.56 bits per heavy atom. The summed E-state index contributed by atoms with van der Waals surface area (Å²) in [6.45, 7) is 0.302. The molecule has 0 spiro atoms. The number of anilines is 1. The SMILES string of the molecule is O=C(Nc1nc2c([nH]1)CSCC2)OCC1c2ccccc2-c2ccccc21. The van der Waals surface area contributed by atoms with Crippen molar-refractivity contribution in [2.24, 2.45) is 0 Å². The van der Waals surface area contributed by atoms with Crippen LogP contribution in [0.2, 0.25) is 0 Å². The number of H-pyrrole nitrogens is 1. The average molecular weight is 377 g/mol. The number of aryl methyl sites for hydroxylation is 1. The van der Waals surface area contributed by atoms with E-state index in [0.717, 1.165) is 29.3 Å². The normalized spacial score (nSPS) is 15.0. The monoisotopic (exact) mass is 377 g/mol. The van der Waals surface area contributed by atoms with Crippen molar-refractivity contribution in [2.75, 3.05) is 17.7 Å². The van der Waals surface area contributed by atoms with Gasteiger partial charge in [-0.25, -0.2) is 9.78 Å². The minimum atomic E-state index is -0.476. The van der Waals surface area contributed by atoms with E-state index in [0.29, 0.717) is 12.6 Å². The summed E-state index contributed by atoms with van der Waals surface area (Å²) in [4.78, 5) is 19.9. The maximum absolute atomic E-state index is 12.3. The number of thioether (sulfide) groups is 1. The highest BCUT2D eigenvalue weighted by atomic mass is 32.2. The van der Waals surface area contributed by atoms with Gasteiger partial charge in [0.15, 0.2) is 0 Å². The van der Waals surface area contributed by atoms with Crippen LogP contribution in [0.5, 0.6) is 0 Å². The summed E-state index contributed by atoms with van der Waals surface area (Å²) >= 11 is 1.87. The largest absolute Gasteiger partial charge is 0.448 e. The molecule has 0 bridgehead atoms. The Balaban J connectivity index is 1.30. The molecule has 0 atom stereocenters. The summed E-state index contributed by atoms with van der Waals surface area (Å²) in [5, 5.41) is 2.73. The Bertz CT molecular complexity index is 945. The first-order valence-electron chi connectivity index (χ1n) is 9.07. The zero-order valence-electron chi connectivity index (χ0n) is 14.7. The second-order valence-corrected chi connectivity index (χ2v) is 7.87. The number of carbonyl (C=O) groups excluding carboxylic acids is 1. The fourth-order valence-corrected chi connectivity index (χ4v) is 4.83. The van der Waals surface area contributed by atoms with Crippen molar-refractivity contribution in [1.29, 1.82) is 0 Å². The van der Waals surface area contributed by atoms with E-state index in [1.54, 1.807) is 0 Å². The van der Waals surface area contributed by atoms with Crippen LogP contribution in [0.15, 0.2) is 48.5 Å². The lowest BCUT2D eigenvalue weighted by molar-refractivity contribution is 0.158. The van der Waals surface area contributed by atoms with Crippen molar-refractivity contribution in [3.8, 4) is 11.1 Å². The number of nitrogens with one attached hydrogen (secondary N) is 2. The van der Waals surface area contributed by atoms with E-state index in [2.05, 4.69) is 39.6 Å². The minimum absolute atomic E-state index is 0.0596. The number of carbonyl (C=O) groups is 1. The molecular formula is C21H19N3O2S. The molecule has 1 aliphatic carbocycles. The first-order valence-corrected chi connectivity index (χ1v) is 10.2. The number of ether oxygens (including phenoxy) is 1. The first kappa shape index (κ1) is 16.4. The predicted octanol–water partition coefficient (Wildman–Crippen LogP) is 4.56. The fraction of sp³-hybridized carbons (Fsp3) is 0.238. The van der Waals surface area contributed by atoms with Crippen molar-refractivity contribution in [3.05, 3.63) is 71.0 Å². The summed E-state index contributed by atoms with van der Waals surface area (Å²) in [5.74, 6) is 2.51. The van der Waals surface area contributed by atoms with Gasteiger partial charge < -0.3 is 9.72 Å². The van der Waals surface area contributed by atoms with Crippen molar-refractivity contribution < 1.29 is 9.53 Å². The van der Waals surface area contributed by atoms with Crippen LogP contribution >= 0.6 is 11.8 Å². The molecule has 0 saturated carbocycles.